The van der Waals surface area contributed by atoms with Crippen molar-refractivity contribution in [3.63, 3.8) is 0 Å². The summed E-state index contributed by atoms with van der Waals surface area (Å²) in [6.07, 6.45) is 6.41. The average molecular weight is 321 g/mol. The molecule has 1 N–H and O–H groups in total. The molecule has 0 spiro atoms. The minimum absolute atomic E-state index is 0.333. The predicted molar refractivity (Wildman–Crippen MR) is 93.3 cm³/mol. The van der Waals surface area contributed by atoms with Gasteiger partial charge in [0.25, 0.3) is 0 Å². The van der Waals surface area contributed by atoms with Crippen molar-refractivity contribution in [2.75, 3.05) is 31.7 Å². The Morgan fingerprint density at radius 1 is 1.27 bits per heavy atom. The van der Waals surface area contributed by atoms with Gasteiger partial charge in [-0.05, 0) is 68.5 Å². The summed E-state index contributed by atoms with van der Waals surface area (Å²) in [5, 5.41) is 3.50. The molecule has 1 aromatic carbocycles. The summed E-state index contributed by atoms with van der Waals surface area (Å²) in [6.45, 7) is 2.28. The van der Waals surface area contributed by atoms with Crippen LogP contribution in [0.25, 0.3) is 0 Å². The molecule has 0 amide bonds. The molecule has 3 nitrogen and oxygen atoms in total. The highest BCUT2D eigenvalue weighted by Crippen LogP contribution is 2.35. The highest BCUT2D eigenvalue weighted by Gasteiger charge is 2.21. The van der Waals surface area contributed by atoms with E-state index in [0.717, 1.165) is 43.2 Å². The second-order valence-electron chi connectivity index (χ2n) is 6.32. The SMILES string of the molecule is COc1c(CC2CCCNC2)cccc1OC1CCCSC1. The first-order chi connectivity index (χ1) is 10.9. The largest absolute Gasteiger partial charge is 0.493 e. The van der Waals surface area contributed by atoms with Gasteiger partial charge in [-0.2, -0.15) is 11.8 Å². The van der Waals surface area contributed by atoms with Crippen molar-refractivity contribution in [3.05, 3.63) is 23.8 Å². The number of benzene rings is 1. The topological polar surface area (TPSA) is 30.5 Å². The number of ether oxygens (including phenoxy) is 2. The van der Waals surface area contributed by atoms with E-state index in [1.165, 1.54) is 30.6 Å². The van der Waals surface area contributed by atoms with Gasteiger partial charge in [0.1, 0.15) is 6.10 Å². The minimum atomic E-state index is 0.333. The van der Waals surface area contributed by atoms with Crippen molar-refractivity contribution in [3.8, 4) is 11.5 Å². The smallest absolute Gasteiger partial charge is 0.163 e. The maximum atomic E-state index is 6.25. The van der Waals surface area contributed by atoms with Crippen LogP contribution in [0, 0.1) is 5.92 Å². The van der Waals surface area contributed by atoms with Crippen LogP contribution >= 0.6 is 11.8 Å². The van der Waals surface area contributed by atoms with E-state index >= 15 is 0 Å². The highest BCUT2D eigenvalue weighted by molar-refractivity contribution is 7.99. The van der Waals surface area contributed by atoms with Crippen molar-refractivity contribution in [2.24, 2.45) is 5.92 Å². The van der Waals surface area contributed by atoms with E-state index in [4.69, 9.17) is 9.47 Å². The number of para-hydroxylation sites is 1. The second kappa shape index (κ2) is 8.11. The van der Waals surface area contributed by atoms with Crippen molar-refractivity contribution in [1.82, 2.24) is 5.32 Å². The molecule has 122 valence electrons. The fraction of sp³-hybridized carbons (Fsp3) is 0.667. The highest BCUT2D eigenvalue weighted by atomic mass is 32.2. The molecule has 2 unspecified atom stereocenters. The lowest BCUT2D eigenvalue weighted by atomic mass is 9.92. The maximum absolute atomic E-state index is 6.25. The Balaban J connectivity index is 1.71. The zero-order chi connectivity index (χ0) is 15.2. The molecule has 3 rings (SSSR count). The fourth-order valence-electron chi connectivity index (χ4n) is 3.44. The van der Waals surface area contributed by atoms with E-state index in [2.05, 4.69) is 23.5 Å². The quantitative estimate of drug-likeness (QED) is 0.899. The third-order valence-electron chi connectivity index (χ3n) is 4.58. The van der Waals surface area contributed by atoms with Crippen LogP contribution in [0.15, 0.2) is 18.2 Å². The van der Waals surface area contributed by atoms with E-state index in [1.807, 2.05) is 11.8 Å². The van der Waals surface area contributed by atoms with Gasteiger partial charge in [0.2, 0.25) is 0 Å². The van der Waals surface area contributed by atoms with Gasteiger partial charge in [-0.25, -0.2) is 0 Å². The molecule has 1 aromatic rings. The van der Waals surface area contributed by atoms with Crippen molar-refractivity contribution in [2.45, 2.75) is 38.2 Å². The summed E-state index contributed by atoms with van der Waals surface area (Å²) < 4.78 is 12.0. The van der Waals surface area contributed by atoms with Gasteiger partial charge < -0.3 is 14.8 Å². The lowest BCUT2D eigenvalue weighted by Gasteiger charge is -2.26. The monoisotopic (exact) mass is 321 g/mol. The first-order valence-corrected chi connectivity index (χ1v) is 9.63. The summed E-state index contributed by atoms with van der Waals surface area (Å²) in [4.78, 5) is 0. The number of nitrogens with one attached hydrogen (secondary N) is 1. The lowest BCUT2D eigenvalue weighted by Crippen LogP contribution is -2.31. The molecule has 2 fully saturated rings. The van der Waals surface area contributed by atoms with Crippen molar-refractivity contribution in [1.29, 1.82) is 0 Å². The van der Waals surface area contributed by atoms with Crippen LogP contribution < -0.4 is 14.8 Å². The van der Waals surface area contributed by atoms with Gasteiger partial charge in [0, 0.05) is 5.75 Å². The summed E-state index contributed by atoms with van der Waals surface area (Å²) in [7, 11) is 1.76. The van der Waals surface area contributed by atoms with Gasteiger partial charge in [-0.3, -0.25) is 0 Å². The first-order valence-electron chi connectivity index (χ1n) is 8.48. The van der Waals surface area contributed by atoms with Gasteiger partial charge in [0.05, 0.1) is 7.11 Å². The molecule has 2 aliphatic rings. The molecular formula is C18H27NO2S. The molecule has 2 aliphatic heterocycles. The van der Waals surface area contributed by atoms with Crippen LogP contribution in [0.4, 0.5) is 0 Å². The minimum Gasteiger partial charge on any atom is -0.493 e. The molecular weight excluding hydrogens is 294 g/mol. The summed E-state index contributed by atoms with van der Waals surface area (Å²) in [6, 6.07) is 6.36. The van der Waals surface area contributed by atoms with Crippen LogP contribution in [0.3, 0.4) is 0 Å². The third-order valence-corrected chi connectivity index (χ3v) is 5.77. The molecule has 0 aromatic heterocycles. The van der Waals surface area contributed by atoms with Crippen LogP contribution in [0.5, 0.6) is 11.5 Å². The number of piperidine rings is 1. The van der Waals surface area contributed by atoms with E-state index < -0.39 is 0 Å². The van der Waals surface area contributed by atoms with E-state index in [9.17, 15) is 0 Å². The molecule has 2 heterocycles. The van der Waals surface area contributed by atoms with Gasteiger partial charge in [-0.15, -0.1) is 0 Å². The molecule has 2 saturated heterocycles. The zero-order valence-corrected chi connectivity index (χ0v) is 14.3. The Labute approximate surface area is 138 Å². The van der Waals surface area contributed by atoms with E-state index in [0.29, 0.717) is 12.0 Å². The summed E-state index contributed by atoms with van der Waals surface area (Å²) in [5.74, 6) is 4.95. The van der Waals surface area contributed by atoms with E-state index in [1.54, 1.807) is 7.11 Å². The Morgan fingerprint density at radius 2 is 2.23 bits per heavy atom. The molecule has 0 radical (unpaired) electrons. The second-order valence-corrected chi connectivity index (χ2v) is 7.47. The molecule has 0 saturated carbocycles. The molecule has 2 atom stereocenters. The zero-order valence-electron chi connectivity index (χ0n) is 13.5. The number of rotatable bonds is 5. The fourth-order valence-corrected chi connectivity index (χ4v) is 4.47. The molecule has 0 aliphatic carbocycles. The van der Waals surface area contributed by atoms with Crippen LogP contribution in [-0.2, 0) is 6.42 Å². The average Bonchev–Trinajstić information content (AvgIpc) is 2.57. The predicted octanol–water partition coefficient (Wildman–Crippen LogP) is 3.51. The molecule has 0 bridgehead atoms. The normalized spacial score (nSPS) is 25.7. The van der Waals surface area contributed by atoms with E-state index in [-0.39, 0.29) is 0 Å². The third kappa shape index (κ3) is 4.11. The van der Waals surface area contributed by atoms with Gasteiger partial charge >= 0.3 is 0 Å². The van der Waals surface area contributed by atoms with Crippen LogP contribution in [-0.4, -0.2) is 37.8 Å². The standard InChI is InChI=1S/C18H27NO2S/c1-20-18-15(11-14-5-3-9-19-12-14)6-2-8-17(18)21-16-7-4-10-22-13-16/h2,6,8,14,16,19H,3-5,7,9-13H2,1H3. The van der Waals surface area contributed by atoms with Crippen LogP contribution in [0.1, 0.15) is 31.2 Å². The first kappa shape index (κ1) is 16.0. The summed E-state index contributed by atoms with van der Waals surface area (Å²) in [5.41, 5.74) is 1.29. The number of methoxy groups -OCH3 is 1. The lowest BCUT2D eigenvalue weighted by molar-refractivity contribution is 0.201. The van der Waals surface area contributed by atoms with Crippen molar-refractivity contribution >= 4 is 11.8 Å². The Bertz CT molecular complexity index is 430. The van der Waals surface area contributed by atoms with Crippen molar-refractivity contribution < 1.29 is 9.47 Å². The summed E-state index contributed by atoms with van der Waals surface area (Å²) >= 11 is 1.99. The molecule has 4 heteroatoms. The van der Waals surface area contributed by atoms with Gasteiger partial charge in [-0.1, -0.05) is 12.1 Å². The Hall–Kier alpha value is -0.870. The number of hydrogen-bond acceptors (Lipinski definition) is 4. The Morgan fingerprint density at radius 3 is 2.95 bits per heavy atom. The number of hydrogen-bond donors (Lipinski definition) is 1. The number of thioether (sulfide) groups is 1. The van der Waals surface area contributed by atoms with Gasteiger partial charge in [0.15, 0.2) is 11.5 Å². The maximum Gasteiger partial charge on any atom is 0.163 e. The van der Waals surface area contributed by atoms with Crippen LogP contribution in [0.2, 0.25) is 0 Å². The Kier molecular flexibility index (Phi) is 5.90. The molecule has 22 heavy (non-hydrogen) atoms.